The topological polar surface area (TPSA) is 18.5 Å². The van der Waals surface area contributed by atoms with Crippen LogP contribution in [0.4, 0.5) is 0 Å². The third-order valence-corrected chi connectivity index (χ3v) is 3.19. The molecule has 2 nitrogen and oxygen atoms in total. The van der Waals surface area contributed by atoms with Crippen LogP contribution in [0.1, 0.15) is 13.8 Å². The van der Waals surface area contributed by atoms with Gasteiger partial charge in [-0.25, -0.2) is 0 Å². The Hall–Kier alpha value is 0.0669. The fourth-order valence-electron chi connectivity index (χ4n) is 0.708. The molecule has 0 spiro atoms. The molecule has 0 saturated heterocycles. The van der Waals surface area contributed by atoms with Gasteiger partial charge in [-0.3, -0.25) is 0 Å². The standard InChI is InChI=1S/C7H16O2SSi/c1-5-9-11(3,4)6-8-7(2)10/h5-6H2,1-4H3. The van der Waals surface area contributed by atoms with Gasteiger partial charge in [0.1, 0.15) is 6.23 Å². The molecule has 0 rings (SSSR count). The van der Waals surface area contributed by atoms with E-state index in [0.29, 0.717) is 11.3 Å². The van der Waals surface area contributed by atoms with E-state index in [0.717, 1.165) is 6.61 Å². The highest BCUT2D eigenvalue weighted by molar-refractivity contribution is 7.80. The van der Waals surface area contributed by atoms with Crippen molar-refractivity contribution in [2.24, 2.45) is 0 Å². The largest absolute Gasteiger partial charge is 0.488 e. The number of rotatable bonds is 4. The van der Waals surface area contributed by atoms with Gasteiger partial charge in [-0.1, -0.05) is 0 Å². The van der Waals surface area contributed by atoms with Crippen LogP contribution in [0, 0.1) is 0 Å². The van der Waals surface area contributed by atoms with E-state index in [-0.39, 0.29) is 0 Å². The summed E-state index contributed by atoms with van der Waals surface area (Å²) in [5.41, 5.74) is 0. The summed E-state index contributed by atoms with van der Waals surface area (Å²) < 4.78 is 10.8. The molecule has 0 aromatic rings. The maximum atomic E-state index is 5.53. The average Bonchev–Trinajstić information content (AvgIpc) is 1.84. The molecule has 0 heterocycles. The molecule has 4 heteroatoms. The highest BCUT2D eigenvalue weighted by Gasteiger charge is 2.22. The first-order valence-electron chi connectivity index (χ1n) is 3.75. The quantitative estimate of drug-likeness (QED) is 0.502. The van der Waals surface area contributed by atoms with E-state index in [9.17, 15) is 0 Å². The summed E-state index contributed by atoms with van der Waals surface area (Å²) in [7, 11) is -1.58. The van der Waals surface area contributed by atoms with Gasteiger partial charge in [0.2, 0.25) is 8.32 Å². The van der Waals surface area contributed by atoms with Crippen molar-refractivity contribution in [3.8, 4) is 0 Å². The van der Waals surface area contributed by atoms with Crippen LogP contribution < -0.4 is 0 Å². The van der Waals surface area contributed by atoms with Crippen LogP contribution >= 0.6 is 12.2 Å². The SMILES string of the molecule is CCO[Si](C)(C)COC(C)=S. The van der Waals surface area contributed by atoms with E-state index in [1.807, 2.05) is 6.92 Å². The van der Waals surface area contributed by atoms with Gasteiger partial charge in [-0.2, -0.15) is 0 Å². The summed E-state index contributed by atoms with van der Waals surface area (Å²) in [5, 5.41) is 0.602. The molecule has 0 aromatic carbocycles. The first kappa shape index (κ1) is 11.1. The van der Waals surface area contributed by atoms with Gasteiger partial charge in [0, 0.05) is 13.5 Å². The number of hydrogen-bond acceptors (Lipinski definition) is 3. The van der Waals surface area contributed by atoms with Crippen LogP contribution in [0.3, 0.4) is 0 Å². The van der Waals surface area contributed by atoms with Crippen molar-refractivity contribution in [1.29, 1.82) is 0 Å². The molecule has 0 aliphatic heterocycles. The highest BCUT2D eigenvalue weighted by atomic mass is 32.1. The van der Waals surface area contributed by atoms with Gasteiger partial charge in [-0.15, -0.1) is 0 Å². The molecule has 66 valence electrons. The second-order valence-electron chi connectivity index (χ2n) is 2.97. The molecule has 0 unspecified atom stereocenters. The average molecular weight is 192 g/mol. The molecule has 0 bridgehead atoms. The molecule has 0 aromatic heterocycles. The third-order valence-electron chi connectivity index (χ3n) is 1.16. The van der Waals surface area contributed by atoms with Crippen molar-refractivity contribution in [1.82, 2.24) is 0 Å². The summed E-state index contributed by atoms with van der Waals surface area (Å²) >= 11 is 4.79. The Morgan fingerprint density at radius 2 is 2.00 bits per heavy atom. The van der Waals surface area contributed by atoms with Gasteiger partial charge in [0.05, 0.1) is 0 Å². The van der Waals surface area contributed by atoms with Crippen LogP contribution in [-0.4, -0.2) is 26.2 Å². The van der Waals surface area contributed by atoms with Gasteiger partial charge < -0.3 is 9.16 Å². The maximum absolute atomic E-state index is 5.53. The van der Waals surface area contributed by atoms with Gasteiger partial charge in [0.25, 0.3) is 0 Å². The summed E-state index contributed by atoms with van der Waals surface area (Å²) in [6.07, 6.45) is 0.663. The van der Waals surface area contributed by atoms with Crippen LogP contribution in [0.5, 0.6) is 0 Å². The summed E-state index contributed by atoms with van der Waals surface area (Å²) in [6, 6.07) is 0. The Balaban J connectivity index is 3.63. The van der Waals surface area contributed by atoms with E-state index >= 15 is 0 Å². The van der Waals surface area contributed by atoms with E-state index in [4.69, 9.17) is 21.4 Å². The molecule has 0 atom stereocenters. The molecule has 0 fully saturated rings. The minimum absolute atomic E-state index is 0.602. The zero-order chi connectivity index (χ0) is 8.91. The fraction of sp³-hybridized carbons (Fsp3) is 0.857. The summed E-state index contributed by atoms with van der Waals surface area (Å²) in [5.74, 6) is 0. The Labute approximate surface area is 75.0 Å². The Morgan fingerprint density at radius 1 is 1.45 bits per heavy atom. The molecule has 0 aliphatic carbocycles. The number of hydrogen-bond donors (Lipinski definition) is 0. The minimum atomic E-state index is -1.58. The summed E-state index contributed by atoms with van der Waals surface area (Å²) in [6.45, 7) is 8.79. The zero-order valence-electron chi connectivity index (χ0n) is 7.64. The Kier molecular flexibility index (Phi) is 4.88. The zero-order valence-corrected chi connectivity index (χ0v) is 9.46. The summed E-state index contributed by atoms with van der Waals surface area (Å²) in [4.78, 5) is 0. The second-order valence-corrected chi connectivity index (χ2v) is 7.64. The molecule has 0 amide bonds. The van der Waals surface area contributed by atoms with Gasteiger partial charge >= 0.3 is 0 Å². The Morgan fingerprint density at radius 3 is 2.36 bits per heavy atom. The fourth-order valence-corrected chi connectivity index (χ4v) is 2.30. The van der Waals surface area contributed by atoms with Crippen molar-refractivity contribution in [3.63, 3.8) is 0 Å². The first-order valence-corrected chi connectivity index (χ1v) is 7.27. The van der Waals surface area contributed by atoms with Crippen LogP contribution in [0.25, 0.3) is 0 Å². The van der Waals surface area contributed by atoms with Crippen LogP contribution in [-0.2, 0) is 9.16 Å². The smallest absolute Gasteiger partial charge is 0.224 e. The number of ether oxygens (including phenoxy) is 1. The molecular weight excluding hydrogens is 176 g/mol. The lowest BCUT2D eigenvalue weighted by Gasteiger charge is -2.21. The predicted molar refractivity (Wildman–Crippen MR) is 53.3 cm³/mol. The lowest BCUT2D eigenvalue weighted by molar-refractivity contribution is 0.281. The Bertz CT molecular complexity index is 136. The lowest BCUT2D eigenvalue weighted by Crippen LogP contribution is -2.37. The van der Waals surface area contributed by atoms with Gasteiger partial charge in [-0.05, 0) is 32.2 Å². The molecular formula is C7H16O2SSi. The van der Waals surface area contributed by atoms with Crippen molar-refractivity contribution in [2.75, 3.05) is 12.8 Å². The van der Waals surface area contributed by atoms with Crippen molar-refractivity contribution < 1.29 is 9.16 Å². The third kappa shape index (κ3) is 6.46. The van der Waals surface area contributed by atoms with E-state index < -0.39 is 8.32 Å². The van der Waals surface area contributed by atoms with Crippen LogP contribution in [0.15, 0.2) is 0 Å². The van der Waals surface area contributed by atoms with Crippen molar-refractivity contribution in [2.45, 2.75) is 26.9 Å². The minimum Gasteiger partial charge on any atom is -0.488 e. The highest BCUT2D eigenvalue weighted by Crippen LogP contribution is 2.04. The van der Waals surface area contributed by atoms with E-state index in [1.165, 1.54) is 0 Å². The molecule has 0 saturated carbocycles. The van der Waals surface area contributed by atoms with E-state index in [2.05, 4.69) is 13.1 Å². The monoisotopic (exact) mass is 192 g/mol. The molecule has 0 aliphatic rings. The molecule has 0 N–H and O–H groups in total. The first-order chi connectivity index (χ1) is 4.98. The maximum Gasteiger partial charge on any atom is 0.224 e. The normalized spacial score (nSPS) is 11.3. The second kappa shape index (κ2) is 4.85. The van der Waals surface area contributed by atoms with Crippen molar-refractivity contribution in [3.05, 3.63) is 0 Å². The van der Waals surface area contributed by atoms with Gasteiger partial charge in [0.15, 0.2) is 5.05 Å². The molecule has 0 radical (unpaired) electrons. The lowest BCUT2D eigenvalue weighted by atomic mass is 10.9. The predicted octanol–water partition coefficient (Wildman–Crippen LogP) is 2.13. The van der Waals surface area contributed by atoms with E-state index in [1.54, 1.807) is 6.92 Å². The number of thiocarbonyl (C=S) groups is 1. The molecule has 11 heavy (non-hydrogen) atoms. The van der Waals surface area contributed by atoms with Crippen LogP contribution in [0.2, 0.25) is 13.1 Å². The van der Waals surface area contributed by atoms with Crippen molar-refractivity contribution >= 4 is 25.6 Å².